The molecule has 0 atom stereocenters. The van der Waals surface area contributed by atoms with Crippen LogP contribution >= 0.6 is 11.6 Å². The Balaban J connectivity index is 1.09. The van der Waals surface area contributed by atoms with Crippen molar-refractivity contribution in [2.45, 2.75) is 6.42 Å². The number of methoxy groups -OCH3 is 1. The molecule has 1 fully saturated rings. The molecule has 1 N–H and O–H groups in total. The van der Waals surface area contributed by atoms with Crippen molar-refractivity contribution in [1.29, 1.82) is 0 Å². The van der Waals surface area contributed by atoms with Crippen molar-refractivity contribution in [3.63, 3.8) is 0 Å². The Morgan fingerprint density at radius 2 is 1.87 bits per heavy atom. The molecule has 1 aromatic heterocycles. The normalized spacial score (nSPS) is 15.0. The topological polar surface area (TPSA) is 88.6 Å². The van der Waals surface area contributed by atoms with Gasteiger partial charge in [-0.2, -0.15) is 0 Å². The van der Waals surface area contributed by atoms with Crippen molar-refractivity contribution in [2.24, 2.45) is 0 Å². The fourth-order valence-electron chi connectivity index (χ4n) is 5.15. The average molecular weight is 634 g/mol. The van der Waals surface area contributed by atoms with Crippen molar-refractivity contribution in [2.75, 3.05) is 63.5 Å². The molecule has 45 heavy (non-hydrogen) atoms. The van der Waals surface area contributed by atoms with Gasteiger partial charge in [0.25, 0.3) is 0 Å². The summed E-state index contributed by atoms with van der Waals surface area (Å²) in [7, 11) is 1.57. The first-order chi connectivity index (χ1) is 22.0. The number of carbonyl (C=O) groups is 1. The summed E-state index contributed by atoms with van der Waals surface area (Å²) < 4.78 is 38.2. The number of benzene rings is 3. The Bertz CT molecular complexity index is 1700. The number of para-hydroxylation sites is 1. The number of morpholine rings is 1. The summed E-state index contributed by atoms with van der Waals surface area (Å²) in [6, 6.07) is 16.4. The molecule has 0 saturated carbocycles. The molecule has 2 amide bonds. The van der Waals surface area contributed by atoms with Crippen LogP contribution in [0.4, 0.5) is 20.6 Å². The number of fused-ring (bicyclic) bond motifs is 1. The van der Waals surface area contributed by atoms with Crippen molar-refractivity contribution in [1.82, 2.24) is 14.8 Å². The average Bonchev–Trinajstić information content (AvgIpc) is 3.55. The molecule has 0 bridgehead atoms. The van der Waals surface area contributed by atoms with Crippen LogP contribution in [-0.2, 0) is 4.74 Å². The zero-order chi connectivity index (χ0) is 31.2. The number of pyridine rings is 1. The van der Waals surface area contributed by atoms with E-state index in [4.69, 9.17) is 30.5 Å². The maximum atomic E-state index is 15.2. The first-order valence-corrected chi connectivity index (χ1v) is 15.0. The zero-order valence-corrected chi connectivity index (χ0v) is 25.5. The Kier molecular flexibility index (Phi) is 9.49. The van der Waals surface area contributed by atoms with Gasteiger partial charge >= 0.3 is 6.03 Å². The molecule has 10 nitrogen and oxygen atoms in total. The third-order valence-electron chi connectivity index (χ3n) is 7.52. The lowest BCUT2D eigenvalue weighted by atomic mass is 10.1. The van der Waals surface area contributed by atoms with Gasteiger partial charge in [-0.05, 0) is 42.8 Å². The third kappa shape index (κ3) is 7.22. The Hall–Kier alpha value is -4.58. The number of urea groups is 1. The van der Waals surface area contributed by atoms with E-state index in [9.17, 15) is 4.79 Å². The molecule has 0 aliphatic carbocycles. The predicted octanol–water partition coefficient (Wildman–Crippen LogP) is 6.71. The van der Waals surface area contributed by atoms with E-state index in [0.29, 0.717) is 39.8 Å². The summed E-state index contributed by atoms with van der Waals surface area (Å²) in [5.74, 6) is 0.850. The number of rotatable bonds is 10. The molecule has 0 spiro atoms. The van der Waals surface area contributed by atoms with Gasteiger partial charge in [0, 0.05) is 61.4 Å². The number of hydrogen-bond acceptors (Lipinski definition) is 8. The second-order valence-electron chi connectivity index (χ2n) is 10.5. The summed E-state index contributed by atoms with van der Waals surface area (Å²) in [6.45, 7) is 5.12. The summed E-state index contributed by atoms with van der Waals surface area (Å²) in [4.78, 5) is 23.0. The van der Waals surface area contributed by atoms with Gasteiger partial charge < -0.3 is 29.2 Å². The van der Waals surface area contributed by atoms with Gasteiger partial charge in [-0.25, -0.2) is 9.18 Å². The quantitative estimate of drug-likeness (QED) is 0.193. The molecule has 3 heterocycles. The molecule has 2 aliphatic rings. The lowest BCUT2D eigenvalue weighted by Crippen LogP contribution is -2.37. The lowest BCUT2D eigenvalue weighted by molar-refractivity contribution is 0.0357. The minimum absolute atomic E-state index is 0.00568. The molecule has 1 saturated heterocycles. The van der Waals surface area contributed by atoms with Crippen LogP contribution in [-0.4, -0.2) is 74.0 Å². The number of nitrogens with zero attached hydrogens (tertiary/aromatic N) is 4. The molecule has 6 rings (SSSR count). The second kappa shape index (κ2) is 14.0. The lowest BCUT2D eigenvalue weighted by Gasteiger charge is -2.26. The minimum atomic E-state index is -0.639. The summed E-state index contributed by atoms with van der Waals surface area (Å²) in [6.07, 6.45) is 5.85. The van der Waals surface area contributed by atoms with Crippen molar-refractivity contribution in [3.05, 3.63) is 90.1 Å². The standard InChI is InChI=1S/C33H33ClFN5O5/c1-42-31-20-24-27(21-32(31)44-16-4-11-38-14-17-43-18-15-38)36-10-9-29(24)45-30-8-7-23(19-26(30)35)37-33(41)40-13-12-39(22-40)28-6-3-2-5-25(28)34/h2-3,5-10,12-13,19-21H,4,11,14-18,22H2,1H3,(H,37,41). The van der Waals surface area contributed by atoms with E-state index >= 15 is 4.39 Å². The van der Waals surface area contributed by atoms with E-state index in [2.05, 4.69) is 15.2 Å². The first kappa shape index (κ1) is 30.4. The molecule has 2 aliphatic heterocycles. The van der Waals surface area contributed by atoms with Crippen LogP contribution < -0.4 is 24.4 Å². The third-order valence-corrected chi connectivity index (χ3v) is 7.84. The Labute approximate surface area is 265 Å². The largest absolute Gasteiger partial charge is 0.493 e. The summed E-state index contributed by atoms with van der Waals surface area (Å²) in [5, 5.41) is 3.93. The van der Waals surface area contributed by atoms with Crippen LogP contribution in [0.5, 0.6) is 23.0 Å². The molecule has 0 unspecified atom stereocenters. The predicted molar refractivity (Wildman–Crippen MR) is 171 cm³/mol. The summed E-state index contributed by atoms with van der Waals surface area (Å²) in [5.41, 5.74) is 1.68. The zero-order valence-electron chi connectivity index (χ0n) is 24.7. The molecule has 0 radical (unpaired) electrons. The molecule has 234 valence electrons. The first-order valence-electron chi connectivity index (χ1n) is 14.6. The van der Waals surface area contributed by atoms with Gasteiger partial charge in [-0.1, -0.05) is 23.7 Å². The number of hydrogen-bond donors (Lipinski definition) is 1. The van der Waals surface area contributed by atoms with Gasteiger partial charge in [0.15, 0.2) is 23.1 Å². The minimum Gasteiger partial charge on any atom is -0.493 e. The molecular weight excluding hydrogens is 601 g/mol. The molecule has 3 aromatic carbocycles. The highest BCUT2D eigenvalue weighted by Gasteiger charge is 2.22. The van der Waals surface area contributed by atoms with Gasteiger partial charge in [-0.3, -0.25) is 14.8 Å². The van der Waals surface area contributed by atoms with E-state index in [1.54, 1.807) is 56.0 Å². The highest BCUT2D eigenvalue weighted by molar-refractivity contribution is 6.33. The highest BCUT2D eigenvalue weighted by Crippen LogP contribution is 2.38. The fraction of sp³-hybridized carbons (Fsp3) is 0.273. The van der Waals surface area contributed by atoms with Gasteiger partial charge in [0.1, 0.15) is 12.4 Å². The van der Waals surface area contributed by atoms with E-state index in [1.807, 2.05) is 23.1 Å². The number of amides is 2. The molecule has 12 heteroatoms. The monoisotopic (exact) mass is 633 g/mol. The van der Waals surface area contributed by atoms with Crippen molar-refractivity contribution >= 4 is 39.9 Å². The van der Waals surface area contributed by atoms with Crippen LogP contribution in [0.15, 0.2) is 79.3 Å². The van der Waals surface area contributed by atoms with Crippen LogP contribution in [0.2, 0.25) is 5.02 Å². The van der Waals surface area contributed by atoms with Crippen LogP contribution in [0.3, 0.4) is 0 Å². The summed E-state index contributed by atoms with van der Waals surface area (Å²) >= 11 is 6.28. The number of nitrogens with one attached hydrogen (secondary N) is 1. The maximum absolute atomic E-state index is 15.2. The smallest absolute Gasteiger partial charge is 0.327 e. The molecule has 4 aromatic rings. The highest BCUT2D eigenvalue weighted by atomic mass is 35.5. The molecular formula is C33H33ClFN5O5. The van der Waals surface area contributed by atoms with Gasteiger partial charge in [0.05, 0.1) is 43.2 Å². The Morgan fingerprint density at radius 1 is 1.02 bits per heavy atom. The number of carbonyl (C=O) groups excluding carboxylic acids is 1. The van der Waals surface area contributed by atoms with Crippen LogP contribution in [0.25, 0.3) is 10.9 Å². The fourth-order valence-corrected chi connectivity index (χ4v) is 5.40. The van der Waals surface area contributed by atoms with E-state index in [0.717, 1.165) is 45.0 Å². The van der Waals surface area contributed by atoms with Crippen LogP contribution in [0, 0.1) is 5.82 Å². The van der Waals surface area contributed by atoms with E-state index < -0.39 is 11.8 Å². The van der Waals surface area contributed by atoms with E-state index in [1.165, 1.54) is 17.0 Å². The number of ether oxygens (including phenoxy) is 4. The van der Waals surface area contributed by atoms with Crippen molar-refractivity contribution < 1.29 is 28.1 Å². The number of anilines is 2. The maximum Gasteiger partial charge on any atom is 0.327 e. The van der Waals surface area contributed by atoms with Gasteiger partial charge in [-0.15, -0.1) is 0 Å². The van der Waals surface area contributed by atoms with Crippen molar-refractivity contribution in [3.8, 4) is 23.0 Å². The number of halogens is 2. The van der Waals surface area contributed by atoms with Crippen LogP contribution in [0.1, 0.15) is 6.42 Å². The Morgan fingerprint density at radius 3 is 2.67 bits per heavy atom. The van der Waals surface area contributed by atoms with Gasteiger partial charge in [0.2, 0.25) is 0 Å². The van der Waals surface area contributed by atoms with E-state index in [-0.39, 0.29) is 18.1 Å². The SMILES string of the molecule is COc1cc2c(Oc3ccc(NC(=O)N4C=CN(c5ccccc5Cl)C4)cc3F)ccnc2cc1OCCCN1CCOCC1. The second-order valence-corrected chi connectivity index (χ2v) is 10.9. The number of aromatic nitrogens is 1.